The molecular weight excluding hydrogens is 106 g/mol. The normalized spacial score (nSPS) is 9.62. The van der Waals surface area contributed by atoms with Crippen molar-refractivity contribution in [2.24, 2.45) is 0 Å². The highest BCUT2D eigenvalue weighted by Crippen LogP contribution is 1.93. The molecule has 0 N–H and O–H groups in total. The lowest BCUT2D eigenvalue weighted by molar-refractivity contribution is 0.159. The summed E-state index contributed by atoms with van der Waals surface area (Å²) in [5.74, 6) is 0.563. The average Bonchev–Trinajstić information content (AvgIpc) is 2.19. The largest absolute Gasteiger partial charge is 0.435 e. The zero-order valence-corrected chi connectivity index (χ0v) is 4.55. The Morgan fingerprint density at radius 3 is 3.38 bits per heavy atom. The van der Waals surface area contributed by atoms with Crippen molar-refractivity contribution in [3.63, 3.8) is 0 Å². The Balaban J connectivity index is 2.50. The van der Waals surface area contributed by atoms with E-state index in [0.29, 0.717) is 12.5 Å². The van der Waals surface area contributed by atoms with E-state index in [9.17, 15) is 0 Å². The molecule has 0 saturated carbocycles. The lowest BCUT2D eigenvalue weighted by Crippen LogP contribution is -1.84. The van der Waals surface area contributed by atoms with Gasteiger partial charge in [0.25, 0.3) is 0 Å². The van der Waals surface area contributed by atoms with E-state index in [1.807, 2.05) is 0 Å². The average molecular weight is 112 g/mol. The van der Waals surface area contributed by atoms with Gasteiger partial charge in [-0.05, 0) is 0 Å². The molecule has 3 nitrogen and oxygen atoms in total. The summed E-state index contributed by atoms with van der Waals surface area (Å²) in [6.45, 7) is 0.420. The molecule has 8 heavy (non-hydrogen) atoms. The standard InChI is InChI=1S/C5H6NO2/c1-7-4-5-6-2-3-8-5/h2H,4H2,1H3. The maximum absolute atomic E-state index is 4.71. The van der Waals surface area contributed by atoms with Crippen LogP contribution in [0.25, 0.3) is 0 Å². The molecule has 1 aromatic heterocycles. The van der Waals surface area contributed by atoms with Crippen molar-refractivity contribution in [3.8, 4) is 0 Å². The van der Waals surface area contributed by atoms with E-state index >= 15 is 0 Å². The smallest absolute Gasteiger partial charge is 0.221 e. The highest BCUT2D eigenvalue weighted by Gasteiger charge is 1.91. The molecule has 3 heteroatoms. The Morgan fingerprint density at radius 1 is 2.00 bits per heavy atom. The first-order valence-corrected chi connectivity index (χ1v) is 2.23. The van der Waals surface area contributed by atoms with E-state index in [1.54, 1.807) is 7.11 Å². The van der Waals surface area contributed by atoms with Crippen LogP contribution in [0.4, 0.5) is 0 Å². The number of nitrogens with zero attached hydrogens (tertiary/aromatic N) is 1. The van der Waals surface area contributed by atoms with Crippen LogP contribution in [-0.4, -0.2) is 12.1 Å². The highest BCUT2D eigenvalue weighted by molar-refractivity contribution is 4.74. The SMILES string of the molecule is COCc1nc[c]o1. The van der Waals surface area contributed by atoms with Crippen LogP contribution >= 0.6 is 0 Å². The van der Waals surface area contributed by atoms with Crippen LogP contribution in [0.2, 0.25) is 0 Å². The first-order valence-electron chi connectivity index (χ1n) is 2.23. The van der Waals surface area contributed by atoms with Gasteiger partial charge in [-0.1, -0.05) is 0 Å². The summed E-state index contributed by atoms with van der Waals surface area (Å²) < 4.78 is 9.42. The minimum atomic E-state index is 0.420. The molecule has 0 saturated heterocycles. The maximum atomic E-state index is 4.71. The van der Waals surface area contributed by atoms with Gasteiger partial charge in [0.15, 0.2) is 6.26 Å². The summed E-state index contributed by atoms with van der Waals surface area (Å²) in [4.78, 5) is 3.76. The van der Waals surface area contributed by atoms with Crippen LogP contribution in [0.1, 0.15) is 5.89 Å². The Morgan fingerprint density at radius 2 is 2.88 bits per heavy atom. The molecule has 1 aromatic rings. The minimum absolute atomic E-state index is 0.420. The quantitative estimate of drug-likeness (QED) is 0.562. The third-order valence-corrected chi connectivity index (χ3v) is 0.706. The van der Waals surface area contributed by atoms with Crippen molar-refractivity contribution in [1.82, 2.24) is 4.98 Å². The van der Waals surface area contributed by atoms with E-state index in [2.05, 4.69) is 11.2 Å². The summed E-state index contributed by atoms with van der Waals surface area (Å²) in [6.07, 6.45) is 3.92. The third-order valence-electron chi connectivity index (χ3n) is 0.706. The summed E-state index contributed by atoms with van der Waals surface area (Å²) in [5, 5.41) is 0. The Bertz CT molecular complexity index is 136. The molecular formula is C5H6NO2. The Kier molecular flexibility index (Phi) is 1.64. The molecule has 0 spiro atoms. The summed E-state index contributed by atoms with van der Waals surface area (Å²) >= 11 is 0. The zero-order chi connectivity index (χ0) is 5.82. The van der Waals surface area contributed by atoms with Crippen molar-refractivity contribution in [2.45, 2.75) is 6.61 Å². The van der Waals surface area contributed by atoms with Crippen LogP contribution < -0.4 is 0 Å². The number of oxazole rings is 1. The summed E-state index contributed by atoms with van der Waals surface area (Å²) in [7, 11) is 1.59. The summed E-state index contributed by atoms with van der Waals surface area (Å²) in [6, 6.07) is 0. The van der Waals surface area contributed by atoms with E-state index in [0.717, 1.165) is 0 Å². The van der Waals surface area contributed by atoms with Crippen molar-refractivity contribution < 1.29 is 9.15 Å². The van der Waals surface area contributed by atoms with Crippen molar-refractivity contribution in [3.05, 3.63) is 18.4 Å². The fourth-order valence-electron chi connectivity index (χ4n) is 0.409. The highest BCUT2D eigenvalue weighted by atomic mass is 16.5. The van der Waals surface area contributed by atoms with Crippen LogP contribution in [0.15, 0.2) is 10.6 Å². The fourth-order valence-corrected chi connectivity index (χ4v) is 0.409. The van der Waals surface area contributed by atoms with E-state index in [4.69, 9.17) is 9.15 Å². The number of aromatic nitrogens is 1. The molecule has 0 unspecified atom stereocenters. The molecule has 0 bridgehead atoms. The van der Waals surface area contributed by atoms with E-state index in [1.165, 1.54) is 6.20 Å². The molecule has 0 fully saturated rings. The number of rotatable bonds is 2. The van der Waals surface area contributed by atoms with Gasteiger partial charge in [-0.15, -0.1) is 0 Å². The Labute approximate surface area is 47.3 Å². The predicted molar refractivity (Wildman–Crippen MR) is 26.1 cm³/mol. The maximum Gasteiger partial charge on any atom is 0.221 e. The van der Waals surface area contributed by atoms with Crippen molar-refractivity contribution >= 4 is 0 Å². The predicted octanol–water partition coefficient (Wildman–Crippen LogP) is 0.621. The lowest BCUT2D eigenvalue weighted by Gasteiger charge is -1.86. The molecule has 1 heterocycles. The summed E-state index contributed by atoms with van der Waals surface area (Å²) in [5.41, 5.74) is 0. The minimum Gasteiger partial charge on any atom is -0.435 e. The Hall–Kier alpha value is -0.830. The molecule has 0 aliphatic rings. The molecule has 0 aliphatic carbocycles. The van der Waals surface area contributed by atoms with Gasteiger partial charge in [0, 0.05) is 7.11 Å². The number of methoxy groups -OCH3 is 1. The molecule has 43 valence electrons. The molecule has 1 radical (unpaired) electrons. The van der Waals surface area contributed by atoms with Gasteiger partial charge in [-0.25, -0.2) is 4.98 Å². The second-order valence-corrected chi connectivity index (χ2v) is 1.30. The first-order chi connectivity index (χ1) is 3.93. The van der Waals surface area contributed by atoms with Crippen LogP contribution in [0.3, 0.4) is 0 Å². The van der Waals surface area contributed by atoms with Gasteiger partial charge >= 0.3 is 0 Å². The molecule has 0 atom stereocenters. The van der Waals surface area contributed by atoms with Crippen LogP contribution in [0.5, 0.6) is 0 Å². The van der Waals surface area contributed by atoms with Crippen molar-refractivity contribution in [2.75, 3.05) is 7.11 Å². The molecule has 0 aliphatic heterocycles. The first kappa shape index (κ1) is 5.31. The number of hydrogen-bond donors (Lipinski definition) is 0. The van der Waals surface area contributed by atoms with Crippen LogP contribution in [-0.2, 0) is 11.3 Å². The van der Waals surface area contributed by atoms with Gasteiger partial charge in [-0.3, -0.25) is 0 Å². The topological polar surface area (TPSA) is 35.3 Å². The van der Waals surface area contributed by atoms with Crippen LogP contribution in [0, 0.1) is 6.26 Å². The number of hydrogen-bond acceptors (Lipinski definition) is 3. The second kappa shape index (κ2) is 2.47. The van der Waals surface area contributed by atoms with E-state index in [-0.39, 0.29) is 0 Å². The van der Waals surface area contributed by atoms with Gasteiger partial charge in [-0.2, -0.15) is 0 Å². The monoisotopic (exact) mass is 112 g/mol. The zero-order valence-electron chi connectivity index (χ0n) is 4.55. The molecule has 0 aromatic carbocycles. The van der Waals surface area contributed by atoms with Gasteiger partial charge in [0.1, 0.15) is 6.61 Å². The molecule has 1 rings (SSSR count). The van der Waals surface area contributed by atoms with Crippen molar-refractivity contribution in [1.29, 1.82) is 0 Å². The van der Waals surface area contributed by atoms with Gasteiger partial charge < -0.3 is 9.15 Å². The molecule has 0 amide bonds. The van der Waals surface area contributed by atoms with Gasteiger partial charge in [0.2, 0.25) is 5.89 Å². The second-order valence-electron chi connectivity index (χ2n) is 1.30. The fraction of sp³-hybridized carbons (Fsp3) is 0.400. The van der Waals surface area contributed by atoms with E-state index < -0.39 is 0 Å². The lowest BCUT2D eigenvalue weighted by atomic mass is 10.7. The van der Waals surface area contributed by atoms with Gasteiger partial charge in [0.05, 0.1) is 6.20 Å². The number of ether oxygens (including phenoxy) is 1. The third kappa shape index (κ3) is 1.07.